The topological polar surface area (TPSA) is 65.2 Å². The smallest absolute Gasteiger partial charge is 0.245 e. The van der Waals surface area contributed by atoms with E-state index in [0.717, 1.165) is 16.5 Å². The Kier molecular flexibility index (Phi) is 5.20. The second-order valence-electron chi connectivity index (χ2n) is 5.33. The number of likely N-dealkylation sites (N-methyl/N-ethyl adjacent to an activating group) is 1. The first-order valence-electron chi connectivity index (χ1n) is 7.67. The lowest BCUT2D eigenvalue weighted by atomic mass is 10.0. The van der Waals surface area contributed by atoms with Crippen LogP contribution in [0.4, 0.5) is 0 Å². The van der Waals surface area contributed by atoms with Crippen LogP contribution in [0.3, 0.4) is 0 Å². The van der Waals surface area contributed by atoms with Crippen LogP contribution in [0.1, 0.15) is 26.3 Å². The molecule has 0 saturated carbocycles. The Morgan fingerprint density at radius 2 is 1.91 bits per heavy atom. The number of carbonyl (C=O) groups is 2. The number of aromatic nitrogens is 1. The molecule has 5 nitrogen and oxygen atoms in total. The van der Waals surface area contributed by atoms with Crippen molar-refractivity contribution < 1.29 is 9.59 Å². The SMILES string of the molecule is CCN(CC)C(=O)C(Cc1c[nH]c2ccccc12)NC(C)=O. The van der Waals surface area contributed by atoms with Crippen LogP contribution < -0.4 is 5.32 Å². The van der Waals surface area contributed by atoms with Gasteiger partial charge in [-0.25, -0.2) is 0 Å². The van der Waals surface area contributed by atoms with E-state index in [2.05, 4.69) is 10.3 Å². The van der Waals surface area contributed by atoms with E-state index in [4.69, 9.17) is 0 Å². The van der Waals surface area contributed by atoms with Gasteiger partial charge < -0.3 is 15.2 Å². The molecule has 2 N–H and O–H groups in total. The molecular weight excluding hydrogens is 278 g/mol. The van der Waals surface area contributed by atoms with E-state index in [1.54, 1.807) is 4.90 Å². The zero-order valence-electron chi connectivity index (χ0n) is 13.3. The van der Waals surface area contributed by atoms with Gasteiger partial charge in [0.05, 0.1) is 0 Å². The Bertz CT molecular complexity index is 659. The zero-order valence-corrected chi connectivity index (χ0v) is 13.3. The molecule has 0 radical (unpaired) electrons. The highest BCUT2D eigenvalue weighted by atomic mass is 16.2. The third kappa shape index (κ3) is 3.47. The molecule has 1 heterocycles. The maximum Gasteiger partial charge on any atom is 0.245 e. The average Bonchev–Trinajstić information content (AvgIpc) is 2.90. The first-order chi connectivity index (χ1) is 10.6. The fourth-order valence-corrected chi connectivity index (χ4v) is 2.72. The molecule has 0 aliphatic carbocycles. The van der Waals surface area contributed by atoms with Gasteiger partial charge in [-0.3, -0.25) is 9.59 Å². The van der Waals surface area contributed by atoms with E-state index in [-0.39, 0.29) is 11.8 Å². The molecule has 5 heteroatoms. The number of rotatable bonds is 6. The summed E-state index contributed by atoms with van der Waals surface area (Å²) in [5, 5.41) is 3.88. The minimum absolute atomic E-state index is 0.0366. The van der Waals surface area contributed by atoms with Crippen LogP contribution in [-0.2, 0) is 16.0 Å². The van der Waals surface area contributed by atoms with Crippen molar-refractivity contribution in [2.45, 2.75) is 33.2 Å². The Balaban J connectivity index is 2.26. The molecule has 1 aromatic carbocycles. The van der Waals surface area contributed by atoms with Crippen LogP contribution in [0.15, 0.2) is 30.5 Å². The van der Waals surface area contributed by atoms with Gasteiger partial charge in [-0.2, -0.15) is 0 Å². The summed E-state index contributed by atoms with van der Waals surface area (Å²) in [6.07, 6.45) is 2.40. The first-order valence-corrected chi connectivity index (χ1v) is 7.67. The number of nitrogens with one attached hydrogen (secondary N) is 2. The van der Waals surface area contributed by atoms with Crippen molar-refractivity contribution in [2.24, 2.45) is 0 Å². The normalized spacial score (nSPS) is 12.1. The fourth-order valence-electron chi connectivity index (χ4n) is 2.72. The van der Waals surface area contributed by atoms with Crippen LogP contribution in [0, 0.1) is 0 Å². The van der Waals surface area contributed by atoms with Crippen LogP contribution in [0.5, 0.6) is 0 Å². The fraction of sp³-hybridized carbons (Fsp3) is 0.412. The van der Waals surface area contributed by atoms with Gasteiger partial charge in [-0.1, -0.05) is 18.2 Å². The summed E-state index contributed by atoms with van der Waals surface area (Å²) in [6, 6.07) is 7.43. The number of fused-ring (bicyclic) bond motifs is 1. The lowest BCUT2D eigenvalue weighted by Gasteiger charge is -2.25. The van der Waals surface area contributed by atoms with Crippen LogP contribution in [-0.4, -0.2) is 40.8 Å². The number of benzene rings is 1. The number of hydrogen-bond donors (Lipinski definition) is 2. The van der Waals surface area contributed by atoms with E-state index in [9.17, 15) is 9.59 Å². The van der Waals surface area contributed by atoms with Crippen LogP contribution in [0.2, 0.25) is 0 Å². The predicted molar refractivity (Wildman–Crippen MR) is 87.5 cm³/mol. The van der Waals surface area contributed by atoms with Crippen molar-refractivity contribution in [1.29, 1.82) is 0 Å². The van der Waals surface area contributed by atoms with E-state index < -0.39 is 6.04 Å². The Morgan fingerprint density at radius 1 is 1.23 bits per heavy atom. The summed E-state index contributed by atoms with van der Waals surface area (Å²) < 4.78 is 0. The zero-order chi connectivity index (χ0) is 16.1. The first kappa shape index (κ1) is 16.1. The van der Waals surface area contributed by atoms with Gasteiger partial charge >= 0.3 is 0 Å². The number of H-pyrrole nitrogens is 1. The highest BCUT2D eigenvalue weighted by Gasteiger charge is 2.24. The van der Waals surface area contributed by atoms with Gasteiger partial charge in [-0.15, -0.1) is 0 Å². The summed E-state index contributed by atoms with van der Waals surface area (Å²) in [6.45, 7) is 6.60. The molecule has 2 aromatic rings. The van der Waals surface area contributed by atoms with Crippen molar-refractivity contribution in [3.8, 4) is 0 Å². The summed E-state index contributed by atoms with van der Waals surface area (Å²) in [7, 11) is 0. The molecule has 0 spiro atoms. The van der Waals surface area contributed by atoms with Gasteiger partial charge in [0.25, 0.3) is 0 Å². The second-order valence-corrected chi connectivity index (χ2v) is 5.33. The molecule has 1 aromatic heterocycles. The summed E-state index contributed by atoms with van der Waals surface area (Å²) >= 11 is 0. The molecule has 2 amide bonds. The lowest BCUT2D eigenvalue weighted by Crippen LogP contribution is -2.49. The van der Waals surface area contributed by atoms with Crippen molar-refractivity contribution >= 4 is 22.7 Å². The van der Waals surface area contributed by atoms with Gasteiger partial charge in [0.15, 0.2) is 0 Å². The quantitative estimate of drug-likeness (QED) is 0.858. The minimum atomic E-state index is -0.531. The third-order valence-corrected chi connectivity index (χ3v) is 3.85. The van der Waals surface area contributed by atoms with Crippen LogP contribution >= 0.6 is 0 Å². The molecule has 0 bridgehead atoms. The highest BCUT2D eigenvalue weighted by Crippen LogP contribution is 2.19. The number of carbonyl (C=O) groups excluding carboxylic acids is 2. The molecule has 22 heavy (non-hydrogen) atoms. The molecule has 118 valence electrons. The Morgan fingerprint density at radius 3 is 2.55 bits per heavy atom. The van der Waals surface area contributed by atoms with Crippen LogP contribution in [0.25, 0.3) is 10.9 Å². The number of hydrogen-bond acceptors (Lipinski definition) is 2. The van der Waals surface area contributed by atoms with Crippen molar-refractivity contribution in [2.75, 3.05) is 13.1 Å². The van der Waals surface area contributed by atoms with Gasteiger partial charge in [-0.05, 0) is 25.5 Å². The van der Waals surface area contributed by atoms with E-state index in [1.807, 2.05) is 44.3 Å². The number of aromatic amines is 1. The van der Waals surface area contributed by atoms with Gasteiger partial charge in [0, 0.05) is 43.5 Å². The molecule has 0 aliphatic rings. The van der Waals surface area contributed by atoms with Crippen molar-refractivity contribution in [3.05, 3.63) is 36.0 Å². The molecule has 0 aliphatic heterocycles. The van der Waals surface area contributed by atoms with Gasteiger partial charge in [0.2, 0.25) is 11.8 Å². The van der Waals surface area contributed by atoms with E-state index >= 15 is 0 Å². The lowest BCUT2D eigenvalue weighted by molar-refractivity contribution is -0.135. The molecular formula is C17H23N3O2. The largest absolute Gasteiger partial charge is 0.361 e. The summed E-state index contributed by atoms with van der Waals surface area (Å²) in [5.41, 5.74) is 2.07. The summed E-state index contributed by atoms with van der Waals surface area (Å²) in [5.74, 6) is -0.226. The highest BCUT2D eigenvalue weighted by molar-refractivity contribution is 5.89. The number of para-hydroxylation sites is 1. The monoisotopic (exact) mass is 301 g/mol. The average molecular weight is 301 g/mol. The second kappa shape index (κ2) is 7.11. The number of amides is 2. The molecule has 0 saturated heterocycles. The minimum Gasteiger partial charge on any atom is -0.361 e. The van der Waals surface area contributed by atoms with Crippen molar-refractivity contribution in [1.82, 2.24) is 15.2 Å². The molecule has 2 rings (SSSR count). The number of nitrogens with zero attached hydrogens (tertiary/aromatic N) is 1. The Labute approximate surface area is 130 Å². The summed E-state index contributed by atoms with van der Waals surface area (Å²) in [4.78, 5) is 29.0. The van der Waals surface area contributed by atoms with Crippen molar-refractivity contribution in [3.63, 3.8) is 0 Å². The maximum atomic E-state index is 12.6. The standard InChI is InChI=1S/C17H23N3O2/c1-4-20(5-2)17(22)16(19-12(3)21)10-13-11-18-15-9-7-6-8-14(13)15/h6-9,11,16,18H,4-5,10H2,1-3H3,(H,19,21). The predicted octanol–water partition coefficient (Wildman–Crippen LogP) is 2.08. The Hall–Kier alpha value is -2.30. The van der Waals surface area contributed by atoms with Gasteiger partial charge in [0.1, 0.15) is 6.04 Å². The molecule has 0 fully saturated rings. The maximum absolute atomic E-state index is 12.6. The third-order valence-electron chi connectivity index (χ3n) is 3.85. The molecule has 1 unspecified atom stereocenters. The van der Waals surface area contributed by atoms with E-state index in [0.29, 0.717) is 19.5 Å². The molecule has 1 atom stereocenters. The van der Waals surface area contributed by atoms with E-state index in [1.165, 1.54) is 6.92 Å².